The van der Waals surface area contributed by atoms with E-state index < -0.39 is 0 Å². The lowest BCUT2D eigenvalue weighted by Crippen LogP contribution is -2.33. The van der Waals surface area contributed by atoms with Gasteiger partial charge in [-0.1, -0.05) is 0 Å². The van der Waals surface area contributed by atoms with Crippen molar-refractivity contribution in [3.05, 3.63) is 23.8 Å². The Bertz CT molecular complexity index is 500. The number of piperidine rings is 1. The Balaban J connectivity index is 1.88. The molecule has 1 saturated carbocycles. The Kier molecular flexibility index (Phi) is 3.09. The quantitative estimate of drug-likeness (QED) is 0.816. The van der Waals surface area contributed by atoms with Crippen molar-refractivity contribution in [2.45, 2.75) is 32.2 Å². The molecule has 0 radical (unpaired) electrons. The minimum atomic E-state index is -0.0203. The Morgan fingerprint density at radius 2 is 2.32 bits per heavy atom. The van der Waals surface area contributed by atoms with Crippen molar-refractivity contribution < 1.29 is 4.79 Å². The fourth-order valence-corrected chi connectivity index (χ4v) is 3.42. The van der Waals surface area contributed by atoms with E-state index >= 15 is 0 Å². The van der Waals surface area contributed by atoms with Crippen LogP contribution in [0.2, 0.25) is 0 Å². The number of carbonyl (C=O) groups excluding carboxylic acids is 1. The van der Waals surface area contributed by atoms with Crippen LogP contribution in [0.25, 0.3) is 0 Å². The smallest absolute Gasteiger partial charge is 0.251 e. The molecular formula is C15H21N3O. The lowest BCUT2D eigenvalue weighted by molar-refractivity contribution is 0.0956. The summed E-state index contributed by atoms with van der Waals surface area (Å²) in [6.45, 7) is 3.66. The zero-order valence-corrected chi connectivity index (χ0v) is 11.4. The van der Waals surface area contributed by atoms with Crippen molar-refractivity contribution in [2.75, 3.05) is 23.7 Å². The lowest BCUT2D eigenvalue weighted by atomic mass is 10.1. The topological polar surface area (TPSA) is 58.4 Å². The molecule has 1 saturated heterocycles. The van der Waals surface area contributed by atoms with Crippen LogP contribution < -0.4 is 16.0 Å². The number of hydrogen-bond donors (Lipinski definition) is 2. The Hall–Kier alpha value is -1.71. The first-order valence-electron chi connectivity index (χ1n) is 7.13. The van der Waals surface area contributed by atoms with Crippen molar-refractivity contribution in [1.82, 2.24) is 5.32 Å². The number of carbonyl (C=O) groups is 1. The van der Waals surface area contributed by atoms with Gasteiger partial charge < -0.3 is 16.0 Å². The van der Waals surface area contributed by atoms with E-state index in [1.54, 1.807) is 6.07 Å². The summed E-state index contributed by atoms with van der Waals surface area (Å²) in [5, 5.41) is 2.83. The fraction of sp³-hybridized carbons (Fsp3) is 0.533. The van der Waals surface area contributed by atoms with Gasteiger partial charge in [-0.15, -0.1) is 0 Å². The van der Waals surface area contributed by atoms with Crippen molar-refractivity contribution in [3.8, 4) is 0 Å². The molecule has 1 heterocycles. The fourth-order valence-electron chi connectivity index (χ4n) is 3.42. The molecule has 1 aromatic carbocycles. The maximum atomic E-state index is 11.9. The van der Waals surface area contributed by atoms with Gasteiger partial charge in [0.1, 0.15) is 0 Å². The molecule has 1 aliphatic carbocycles. The van der Waals surface area contributed by atoms with Crippen LogP contribution in [0.3, 0.4) is 0 Å². The third-order valence-corrected chi connectivity index (χ3v) is 4.35. The Morgan fingerprint density at radius 1 is 1.47 bits per heavy atom. The number of nitrogen functional groups attached to an aromatic ring is 1. The second-order valence-electron chi connectivity index (χ2n) is 5.62. The molecule has 1 amide bonds. The van der Waals surface area contributed by atoms with Crippen LogP contribution in [0.4, 0.5) is 11.4 Å². The maximum absolute atomic E-state index is 11.9. The third-order valence-electron chi connectivity index (χ3n) is 4.35. The van der Waals surface area contributed by atoms with Crippen molar-refractivity contribution in [1.29, 1.82) is 0 Å². The first-order chi connectivity index (χ1) is 9.19. The van der Waals surface area contributed by atoms with Crippen molar-refractivity contribution >= 4 is 17.3 Å². The molecule has 19 heavy (non-hydrogen) atoms. The molecule has 2 fully saturated rings. The number of nitrogens with one attached hydrogen (secondary N) is 1. The second-order valence-corrected chi connectivity index (χ2v) is 5.62. The molecule has 2 atom stereocenters. The number of nitrogens with two attached hydrogens (primary N) is 1. The average molecular weight is 259 g/mol. The van der Waals surface area contributed by atoms with Crippen LogP contribution in [0, 0.1) is 5.92 Å². The summed E-state index contributed by atoms with van der Waals surface area (Å²) in [6, 6.07) is 6.22. The van der Waals surface area contributed by atoms with Gasteiger partial charge in [0.05, 0.1) is 11.4 Å². The minimum Gasteiger partial charge on any atom is -0.397 e. The zero-order chi connectivity index (χ0) is 13.4. The van der Waals surface area contributed by atoms with Crippen LogP contribution in [0.1, 0.15) is 36.5 Å². The van der Waals surface area contributed by atoms with Crippen LogP contribution in [-0.2, 0) is 0 Å². The average Bonchev–Trinajstić information content (AvgIpc) is 3.01. The van der Waals surface area contributed by atoms with Crippen LogP contribution in [-0.4, -0.2) is 25.0 Å². The standard InChI is InChI=1S/C15H21N3O/c1-2-17-15(19)11-4-6-13(16)14(8-11)18-9-10-3-5-12(18)7-10/h4,6,8,10,12H,2-3,5,7,9,16H2,1H3,(H,17,19). The molecule has 3 N–H and O–H groups in total. The molecular weight excluding hydrogens is 238 g/mol. The van der Waals surface area contributed by atoms with Crippen LogP contribution in [0.15, 0.2) is 18.2 Å². The van der Waals surface area contributed by atoms with Gasteiger partial charge in [-0.05, 0) is 50.3 Å². The summed E-state index contributed by atoms with van der Waals surface area (Å²) < 4.78 is 0. The number of nitrogens with zero attached hydrogens (tertiary/aromatic N) is 1. The van der Waals surface area contributed by atoms with Gasteiger partial charge in [0.25, 0.3) is 5.91 Å². The molecule has 4 heteroatoms. The highest BCUT2D eigenvalue weighted by Gasteiger charge is 2.38. The van der Waals surface area contributed by atoms with E-state index in [-0.39, 0.29) is 5.91 Å². The summed E-state index contributed by atoms with van der Waals surface area (Å²) in [6.07, 6.45) is 3.89. The van der Waals surface area contributed by atoms with Crippen molar-refractivity contribution in [2.24, 2.45) is 5.92 Å². The van der Waals surface area contributed by atoms with Crippen molar-refractivity contribution in [3.63, 3.8) is 0 Å². The van der Waals surface area contributed by atoms with Gasteiger partial charge in [0, 0.05) is 24.7 Å². The van der Waals surface area contributed by atoms with E-state index in [2.05, 4.69) is 10.2 Å². The molecule has 4 nitrogen and oxygen atoms in total. The Morgan fingerprint density at radius 3 is 2.95 bits per heavy atom. The summed E-state index contributed by atoms with van der Waals surface area (Å²) in [5.74, 6) is 0.797. The Labute approximate surface area is 114 Å². The summed E-state index contributed by atoms with van der Waals surface area (Å²) in [4.78, 5) is 14.3. The van der Waals surface area contributed by atoms with E-state index in [1.165, 1.54) is 19.3 Å². The van der Waals surface area contributed by atoms with Gasteiger partial charge in [0.15, 0.2) is 0 Å². The molecule has 3 rings (SSSR count). The van der Waals surface area contributed by atoms with E-state index in [0.29, 0.717) is 18.2 Å². The van der Waals surface area contributed by atoms with E-state index in [9.17, 15) is 4.79 Å². The van der Waals surface area contributed by atoms with Gasteiger partial charge in [-0.25, -0.2) is 0 Å². The predicted molar refractivity (Wildman–Crippen MR) is 77.3 cm³/mol. The third kappa shape index (κ3) is 2.15. The summed E-state index contributed by atoms with van der Waals surface area (Å²) in [7, 11) is 0. The SMILES string of the molecule is CCNC(=O)c1ccc(N)c(N2CC3CCC2C3)c1. The van der Waals surface area contributed by atoms with Gasteiger partial charge in [-0.3, -0.25) is 4.79 Å². The number of amides is 1. The number of benzene rings is 1. The molecule has 1 aliphatic heterocycles. The number of fused-ring (bicyclic) bond motifs is 2. The first-order valence-corrected chi connectivity index (χ1v) is 7.13. The minimum absolute atomic E-state index is 0.0203. The zero-order valence-electron chi connectivity index (χ0n) is 11.4. The molecule has 2 unspecified atom stereocenters. The highest BCUT2D eigenvalue weighted by Crippen LogP contribution is 2.42. The number of hydrogen-bond acceptors (Lipinski definition) is 3. The molecule has 0 aromatic heterocycles. The normalized spacial score (nSPS) is 24.8. The highest BCUT2D eigenvalue weighted by molar-refractivity contribution is 5.96. The maximum Gasteiger partial charge on any atom is 0.251 e. The van der Waals surface area contributed by atoms with Gasteiger partial charge in [0.2, 0.25) is 0 Å². The second kappa shape index (κ2) is 4.76. The predicted octanol–water partition coefficient (Wildman–Crippen LogP) is 2.01. The molecule has 0 spiro atoms. The lowest BCUT2D eigenvalue weighted by Gasteiger charge is -2.30. The molecule has 2 aliphatic rings. The van der Waals surface area contributed by atoms with Gasteiger partial charge in [-0.2, -0.15) is 0 Å². The van der Waals surface area contributed by atoms with E-state index in [1.807, 2.05) is 19.1 Å². The molecule has 102 valence electrons. The molecule has 1 aromatic rings. The monoisotopic (exact) mass is 259 g/mol. The molecule has 2 bridgehead atoms. The summed E-state index contributed by atoms with van der Waals surface area (Å²) >= 11 is 0. The van der Waals surface area contributed by atoms with Crippen LogP contribution >= 0.6 is 0 Å². The number of rotatable bonds is 3. The van der Waals surface area contributed by atoms with E-state index in [4.69, 9.17) is 5.73 Å². The number of anilines is 2. The first kappa shape index (κ1) is 12.3. The van der Waals surface area contributed by atoms with E-state index in [0.717, 1.165) is 23.8 Å². The van der Waals surface area contributed by atoms with Crippen LogP contribution in [0.5, 0.6) is 0 Å². The highest BCUT2D eigenvalue weighted by atomic mass is 16.1. The largest absolute Gasteiger partial charge is 0.397 e. The van der Waals surface area contributed by atoms with Gasteiger partial charge >= 0.3 is 0 Å². The summed E-state index contributed by atoms with van der Waals surface area (Å²) in [5.41, 5.74) is 8.62.